The van der Waals surface area contributed by atoms with Crippen LogP contribution in [0.3, 0.4) is 0 Å². The number of aryl methyl sites for hydroxylation is 3. The molecule has 1 aromatic carbocycles. The van der Waals surface area contributed by atoms with Crippen molar-refractivity contribution < 1.29 is 0 Å². The lowest BCUT2D eigenvalue weighted by Crippen LogP contribution is -1.83. The van der Waals surface area contributed by atoms with Gasteiger partial charge in [0, 0.05) is 6.20 Å². The number of hydrogen-bond donors (Lipinski definition) is 0. The van der Waals surface area contributed by atoms with Gasteiger partial charge >= 0.3 is 0 Å². The van der Waals surface area contributed by atoms with Crippen molar-refractivity contribution in [3.05, 3.63) is 58.4 Å². The summed E-state index contributed by atoms with van der Waals surface area (Å²) in [6.07, 6.45) is 1.80. The van der Waals surface area contributed by atoms with Crippen LogP contribution in [0.1, 0.15) is 16.8 Å². The third-order valence-corrected chi connectivity index (χ3v) is 3.55. The molecule has 0 aliphatic rings. The quantitative estimate of drug-likeness (QED) is 0.590. The van der Waals surface area contributed by atoms with E-state index < -0.39 is 0 Å². The molecule has 0 fully saturated rings. The molecule has 0 unspecified atom stereocenters. The Labute approximate surface area is 128 Å². The Balaban J connectivity index is 2.06. The fraction of sp³-hybridized carbons (Fsp3) is 0.188. The van der Waals surface area contributed by atoms with Crippen molar-refractivity contribution in [3.63, 3.8) is 0 Å². The molecule has 3 rings (SSSR count). The predicted octanol–water partition coefficient (Wildman–Crippen LogP) is 5.33. The second-order valence-electron chi connectivity index (χ2n) is 5.09. The summed E-state index contributed by atoms with van der Waals surface area (Å²) in [6, 6.07) is 9.77. The molecule has 0 aliphatic carbocycles. The number of pyridine rings is 1. The zero-order valence-electron chi connectivity index (χ0n) is 12.1. The Morgan fingerprint density at radius 2 is 1.86 bits per heavy atom. The molecule has 4 nitrogen and oxygen atoms in total. The third-order valence-electron chi connectivity index (χ3n) is 3.33. The first-order valence-electron chi connectivity index (χ1n) is 6.68. The summed E-state index contributed by atoms with van der Waals surface area (Å²) in [5, 5.41) is 9.36. The second kappa shape index (κ2) is 5.30. The molecule has 106 valence electrons. The molecule has 0 radical (unpaired) electrons. The van der Waals surface area contributed by atoms with E-state index in [9.17, 15) is 0 Å². The molecule has 0 spiro atoms. The average Bonchev–Trinajstić information content (AvgIpc) is 2.73. The minimum atomic E-state index is 0.642. The molecule has 5 heteroatoms. The summed E-state index contributed by atoms with van der Waals surface area (Å²) in [5.41, 5.74) is 4.81. The van der Waals surface area contributed by atoms with Crippen molar-refractivity contribution in [3.8, 4) is 0 Å². The standard InChI is InChI=1S/C16H15ClN4/c1-10-4-6-14(11(2)8-10)19-20-16-12(3)18-15-7-5-13(17)9-21(15)16/h4-9H,1-3H3. The number of imidazole rings is 1. The fourth-order valence-electron chi connectivity index (χ4n) is 2.26. The van der Waals surface area contributed by atoms with Crippen LogP contribution in [-0.2, 0) is 0 Å². The lowest BCUT2D eigenvalue weighted by atomic mass is 10.1. The normalized spacial score (nSPS) is 11.6. The van der Waals surface area contributed by atoms with Crippen LogP contribution >= 0.6 is 11.6 Å². The van der Waals surface area contributed by atoms with E-state index in [0.29, 0.717) is 10.8 Å². The molecule has 0 amide bonds. The fourth-order valence-corrected chi connectivity index (χ4v) is 2.42. The number of hydrogen-bond acceptors (Lipinski definition) is 3. The monoisotopic (exact) mass is 298 g/mol. The highest BCUT2D eigenvalue weighted by atomic mass is 35.5. The zero-order valence-corrected chi connectivity index (χ0v) is 12.9. The molecule has 0 atom stereocenters. The van der Waals surface area contributed by atoms with Crippen LogP contribution in [0.25, 0.3) is 5.65 Å². The van der Waals surface area contributed by atoms with Crippen LogP contribution in [0.2, 0.25) is 5.02 Å². The second-order valence-corrected chi connectivity index (χ2v) is 5.52. The topological polar surface area (TPSA) is 42.0 Å². The Morgan fingerprint density at radius 1 is 1.05 bits per heavy atom. The maximum atomic E-state index is 6.04. The van der Waals surface area contributed by atoms with Crippen molar-refractivity contribution in [2.75, 3.05) is 0 Å². The van der Waals surface area contributed by atoms with Gasteiger partial charge in [0.05, 0.1) is 16.4 Å². The van der Waals surface area contributed by atoms with Crippen LogP contribution < -0.4 is 0 Å². The van der Waals surface area contributed by atoms with E-state index >= 15 is 0 Å². The molecule has 2 aromatic heterocycles. The van der Waals surface area contributed by atoms with Gasteiger partial charge in [0.2, 0.25) is 0 Å². The van der Waals surface area contributed by atoms with Gasteiger partial charge in [-0.05, 0) is 44.5 Å². The maximum absolute atomic E-state index is 6.04. The van der Waals surface area contributed by atoms with Crippen molar-refractivity contribution >= 4 is 28.8 Å². The number of rotatable bonds is 2. The molecule has 0 aliphatic heterocycles. The van der Waals surface area contributed by atoms with E-state index in [1.54, 1.807) is 6.20 Å². The Kier molecular flexibility index (Phi) is 3.47. The number of fused-ring (bicyclic) bond motifs is 1. The van der Waals surface area contributed by atoms with E-state index in [1.165, 1.54) is 5.56 Å². The van der Waals surface area contributed by atoms with E-state index in [2.05, 4.69) is 28.2 Å². The number of nitrogens with zero attached hydrogens (tertiary/aromatic N) is 4. The van der Waals surface area contributed by atoms with E-state index in [4.69, 9.17) is 11.6 Å². The molecular weight excluding hydrogens is 284 g/mol. The lowest BCUT2D eigenvalue weighted by Gasteiger charge is -2.01. The van der Waals surface area contributed by atoms with Crippen molar-refractivity contribution in [1.82, 2.24) is 9.38 Å². The first-order valence-corrected chi connectivity index (χ1v) is 7.05. The minimum absolute atomic E-state index is 0.642. The smallest absolute Gasteiger partial charge is 0.182 e. The molecule has 3 aromatic rings. The van der Waals surface area contributed by atoms with Gasteiger partial charge in [-0.1, -0.05) is 29.3 Å². The van der Waals surface area contributed by atoms with Crippen LogP contribution in [-0.4, -0.2) is 9.38 Å². The highest BCUT2D eigenvalue weighted by Crippen LogP contribution is 2.26. The zero-order chi connectivity index (χ0) is 15.0. The Morgan fingerprint density at radius 3 is 2.62 bits per heavy atom. The van der Waals surface area contributed by atoms with Crippen molar-refractivity contribution in [2.45, 2.75) is 20.8 Å². The third kappa shape index (κ3) is 2.67. The van der Waals surface area contributed by atoms with Crippen molar-refractivity contribution in [2.24, 2.45) is 10.2 Å². The Bertz CT molecular complexity index is 849. The van der Waals surface area contributed by atoms with E-state index in [0.717, 1.165) is 22.6 Å². The van der Waals surface area contributed by atoms with Crippen LogP contribution in [0, 0.1) is 20.8 Å². The summed E-state index contributed by atoms with van der Waals surface area (Å²) < 4.78 is 1.85. The van der Waals surface area contributed by atoms with Gasteiger partial charge in [-0.15, -0.1) is 10.2 Å². The van der Waals surface area contributed by atoms with Gasteiger partial charge in [0.1, 0.15) is 5.65 Å². The van der Waals surface area contributed by atoms with Gasteiger partial charge in [-0.3, -0.25) is 4.40 Å². The molecular formula is C16H15ClN4. The van der Waals surface area contributed by atoms with Crippen LogP contribution in [0.15, 0.2) is 46.8 Å². The van der Waals surface area contributed by atoms with Gasteiger partial charge < -0.3 is 0 Å². The van der Waals surface area contributed by atoms with Gasteiger partial charge in [-0.2, -0.15) is 0 Å². The SMILES string of the molecule is Cc1ccc(N=Nc2c(C)nc3ccc(Cl)cn23)c(C)c1. The summed E-state index contributed by atoms with van der Waals surface area (Å²) in [5.74, 6) is 0.701. The first kappa shape index (κ1) is 13.8. The number of azo groups is 1. The lowest BCUT2D eigenvalue weighted by molar-refractivity contribution is 1.09. The van der Waals surface area contributed by atoms with Crippen LogP contribution in [0.4, 0.5) is 11.5 Å². The van der Waals surface area contributed by atoms with Gasteiger partial charge in [-0.25, -0.2) is 4.98 Å². The number of aromatic nitrogens is 2. The molecule has 21 heavy (non-hydrogen) atoms. The highest BCUT2D eigenvalue weighted by molar-refractivity contribution is 6.30. The molecule has 0 saturated carbocycles. The predicted molar refractivity (Wildman–Crippen MR) is 85.0 cm³/mol. The van der Waals surface area contributed by atoms with Crippen molar-refractivity contribution in [1.29, 1.82) is 0 Å². The summed E-state index contributed by atoms with van der Waals surface area (Å²) in [4.78, 5) is 4.45. The summed E-state index contributed by atoms with van der Waals surface area (Å²) in [6.45, 7) is 6.00. The Hall–Kier alpha value is -2.20. The molecule has 0 bridgehead atoms. The molecule has 0 saturated heterocycles. The van der Waals surface area contributed by atoms with E-state index in [-0.39, 0.29) is 0 Å². The summed E-state index contributed by atoms with van der Waals surface area (Å²) in [7, 11) is 0. The van der Waals surface area contributed by atoms with Gasteiger partial charge in [0.15, 0.2) is 5.82 Å². The van der Waals surface area contributed by atoms with Gasteiger partial charge in [0.25, 0.3) is 0 Å². The minimum Gasteiger partial charge on any atom is -0.281 e. The maximum Gasteiger partial charge on any atom is 0.182 e. The van der Waals surface area contributed by atoms with E-state index in [1.807, 2.05) is 42.5 Å². The number of halogens is 1. The molecule has 0 N–H and O–H groups in total. The van der Waals surface area contributed by atoms with Crippen LogP contribution in [0.5, 0.6) is 0 Å². The highest BCUT2D eigenvalue weighted by Gasteiger charge is 2.08. The first-order chi connectivity index (χ1) is 10.0. The molecule has 2 heterocycles. The summed E-state index contributed by atoms with van der Waals surface area (Å²) >= 11 is 6.04. The number of benzene rings is 1. The average molecular weight is 299 g/mol. The largest absolute Gasteiger partial charge is 0.281 e.